The summed E-state index contributed by atoms with van der Waals surface area (Å²) in [4.78, 5) is 11.5. The number of morpholine rings is 1. The Hall–Kier alpha value is -2.25. The van der Waals surface area contributed by atoms with Crippen molar-refractivity contribution in [3.05, 3.63) is 36.4 Å². The summed E-state index contributed by atoms with van der Waals surface area (Å²) >= 11 is 0. The third-order valence-corrected chi connectivity index (χ3v) is 4.70. The van der Waals surface area contributed by atoms with Gasteiger partial charge in [0.1, 0.15) is 17.4 Å². The molecule has 0 bridgehead atoms. The molecule has 7 heteroatoms. The van der Waals surface area contributed by atoms with Crippen molar-refractivity contribution in [1.29, 1.82) is 0 Å². The molecule has 2 aliphatic rings. The maximum atomic E-state index is 5.93. The minimum absolute atomic E-state index is 0.112. The van der Waals surface area contributed by atoms with Gasteiger partial charge in [-0.1, -0.05) is 11.2 Å². The molecule has 5 rings (SSSR count). The Labute approximate surface area is 132 Å². The van der Waals surface area contributed by atoms with Crippen LogP contribution in [0, 0.1) is 0 Å². The lowest BCUT2D eigenvalue weighted by Gasteiger charge is -2.33. The number of hydrogen-bond donors (Lipinski definition) is 0. The summed E-state index contributed by atoms with van der Waals surface area (Å²) in [5, 5.41) is 4.11. The first kappa shape index (κ1) is 13.2. The highest BCUT2D eigenvalue weighted by atomic mass is 16.5. The highest BCUT2D eigenvalue weighted by molar-refractivity contribution is 5.53. The predicted molar refractivity (Wildman–Crippen MR) is 81.8 cm³/mol. The van der Waals surface area contributed by atoms with Crippen LogP contribution in [0.15, 0.2) is 35.1 Å². The van der Waals surface area contributed by atoms with Gasteiger partial charge in [0.15, 0.2) is 0 Å². The molecule has 7 nitrogen and oxygen atoms in total. The van der Waals surface area contributed by atoms with Crippen LogP contribution in [0.1, 0.15) is 24.8 Å². The summed E-state index contributed by atoms with van der Waals surface area (Å²) in [5.41, 5.74) is 1.54. The molecule has 0 N–H and O–H groups in total. The van der Waals surface area contributed by atoms with Crippen LogP contribution in [0.2, 0.25) is 0 Å². The van der Waals surface area contributed by atoms with Crippen molar-refractivity contribution in [2.45, 2.75) is 25.0 Å². The Morgan fingerprint density at radius 3 is 3.17 bits per heavy atom. The smallest absolute Gasteiger partial charge is 0.278 e. The van der Waals surface area contributed by atoms with Crippen molar-refractivity contribution in [2.24, 2.45) is 0 Å². The third kappa shape index (κ3) is 2.24. The summed E-state index contributed by atoms with van der Waals surface area (Å²) in [6.45, 7) is 2.74. The van der Waals surface area contributed by atoms with Gasteiger partial charge in [-0.05, 0) is 31.5 Å². The Kier molecular flexibility index (Phi) is 2.95. The molecule has 118 valence electrons. The summed E-state index contributed by atoms with van der Waals surface area (Å²) in [6.07, 6.45) is 6.20. The number of fused-ring (bicyclic) bond motifs is 2. The third-order valence-electron chi connectivity index (χ3n) is 4.70. The molecule has 2 unspecified atom stereocenters. The molecule has 2 saturated heterocycles. The number of hydrogen-bond acceptors (Lipinski definition) is 6. The maximum absolute atomic E-state index is 5.93. The van der Waals surface area contributed by atoms with Gasteiger partial charge in [-0.3, -0.25) is 4.90 Å². The van der Waals surface area contributed by atoms with Crippen LogP contribution in [0.3, 0.4) is 0 Å². The molecule has 5 heterocycles. The lowest BCUT2D eigenvalue weighted by molar-refractivity contribution is -0.0548. The standard InChI is InChI=1S/C16H17N5O2/c1-2-6-21-8-12(17-14(21)5-1)16-18-15(19-23-16)13-9-20-7-3-4-11(20)10-22-13/h1-2,5-6,8,11,13H,3-4,7,9-10H2. The van der Waals surface area contributed by atoms with E-state index in [2.05, 4.69) is 20.0 Å². The van der Waals surface area contributed by atoms with Crippen molar-refractivity contribution in [3.8, 4) is 11.6 Å². The Bertz CT molecular complexity index is 809. The lowest BCUT2D eigenvalue weighted by Crippen LogP contribution is -2.42. The fraction of sp³-hybridized carbons (Fsp3) is 0.438. The molecular weight excluding hydrogens is 294 g/mol. The van der Waals surface area contributed by atoms with E-state index < -0.39 is 0 Å². The minimum atomic E-state index is -0.112. The van der Waals surface area contributed by atoms with E-state index in [1.807, 2.05) is 35.0 Å². The van der Waals surface area contributed by atoms with Gasteiger partial charge in [0.05, 0.1) is 6.61 Å². The molecule has 2 fully saturated rings. The molecule has 0 aliphatic carbocycles. The number of rotatable bonds is 2. The van der Waals surface area contributed by atoms with Gasteiger partial charge in [0.2, 0.25) is 5.82 Å². The van der Waals surface area contributed by atoms with Gasteiger partial charge in [-0.25, -0.2) is 4.98 Å². The zero-order valence-electron chi connectivity index (χ0n) is 12.6. The van der Waals surface area contributed by atoms with E-state index in [1.54, 1.807) is 0 Å². The molecule has 0 amide bonds. The van der Waals surface area contributed by atoms with Crippen LogP contribution in [0.4, 0.5) is 0 Å². The summed E-state index contributed by atoms with van der Waals surface area (Å²) in [6, 6.07) is 6.42. The summed E-state index contributed by atoms with van der Waals surface area (Å²) in [7, 11) is 0. The minimum Gasteiger partial charge on any atom is -0.367 e. The first-order valence-corrected chi connectivity index (χ1v) is 8.00. The van der Waals surface area contributed by atoms with Gasteiger partial charge in [0, 0.05) is 25.0 Å². The van der Waals surface area contributed by atoms with E-state index in [4.69, 9.17) is 9.26 Å². The van der Waals surface area contributed by atoms with E-state index >= 15 is 0 Å². The number of imidazole rings is 1. The SMILES string of the molecule is c1ccn2cc(-c3nc(C4CN5CCCC5CO4)no3)nc2c1. The molecule has 0 aromatic carbocycles. The molecule has 3 aromatic rings. The van der Waals surface area contributed by atoms with Crippen LogP contribution in [0.25, 0.3) is 17.2 Å². The van der Waals surface area contributed by atoms with Gasteiger partial charge in [0.25, 0.3) is 5.89 Å². The molecule has 0 spiro atoms. The normalized spacial score (nSPS) is 25.0. The van der Waals surface area contributed by atoms with Crippen molar-refractivity contribution >= 4 is 5.65 Å². The largest absolute Gasteiger partial charge is 0.367 e. The number of aromatic nitrogens is 4. The Morgan fingerprint density at radius 2 is 2.22 bits per heavy atom. The second-order valence-corrected chi connectivity index (χ2v) is 6.16. The van der Waals surface area contributed by atoms with Crippen LogP contribution in [0.5, 0.6) is 0 Å². The number of nitrogens with zero attached hydrogens (tertiary/aromatic N) is 5. The van der Waals surface area contributed by atoms with Crippen LogP contribution in [-0.2, 0) is 4.74 Å². The van der Waals surface area contributed by atoms with E-state index in [0.717, 1.165) is 25.3 Å². The average molecular weight is 311 g/mol. The molecular formula is C16H17N5O2. The van der Waals surface area contributed by atoms with Crippen molar-refractivity contribution in [1.82, 2.24) is 24.4 Å². The Morgan fingerprint density at radius 1 is 1.22 bits per heavy atom. The highest BCUT2D eigenvalue weighted by Gasteiger charge is 2.35. The molecule has 0 radical (unpaired) electrons. The van der Waals surface area contributed by atoms with Gasteiger partial charge in [-0.15, -0.1) is 0 Å². The van der Waals surface area contributed by atoms with Crippen molar-refractivity contribution in [2.75, 3.05) is 19.7 Å². The molecule has 2 aliphatic heterocycles. The number of ether oxygens (including phenoxy) is 1. The Balaban J connectivity index is 1.41. The zero-order valence-corrected chi connectivity index (χ0v) is 12.6. The second kappa shape index (κ2) is 5.14. The molecule has 3 aromatic heterocycles. The number of pyridine rings is 1. The molecule has 0 saturated carbocycles. The van der Waals surface area contributed by atoms with Gasteiger partial charge in [-0.2, -0.15) is 4.98 Å². The molecule has 2 atom stereocenters. The second-order valence-electron chi connectivity index (χ2n) is 6.16. The van der Waals surface area contributed by atoms with E-state index in [0.29, 0.717) is 23.5 Å². The fourth-order valence-corrected chi connectivity index (χ4v) is 3.48. The summed E-state index contributed by atoms with van der Waals surface area (Å²) < 4.78 is 13.3. The van der Waals surface area contributed by atoms with Crippen LogP contribution < -0.4 is 0 Å². The van der Waals surface area contributed by atoms with Crippen LogP contribution in [-0.4, -0.2) is 50.2 Å². The fourth-order valence-electron chi connectivity index (χ4n) is 3.48. The first-order chi connectivity index (χ1) is 11.4. The monoisotopic (exact) mass is 311 g/mol. The van der Waals surface area contributed by atoms with E-state index in [-0.39, 0.29) is 6.10 Å². The predicted octanol–water partition coefficient (Wildman–Crippen LogP) is 1.92. The van der Waals surface area contributed by atoms with Gasteiger partial charge >= 0.3 is 0 Å². The maximum Gasteiger partial charge on any atom is 0.278 e. The topological polar surface area (TPSA) is 68.7 Å². The van der Waals surface area contributed by atoms with Crippen LogP contribution >= 0.6 is 0 Å². The van der Waals surface area contributed by atoms with E-state index in [9.17, 15) is 0 Å². The summed E-state index contributed by atoms with van der Waals surface area (Å²) in [5.74, 6) is 1.05. The van der Waals surface area contributed by atoms with Gasteiger partial charge < -0.3 is 13.7 Å². The lowest BCUT2D eigenvalue weighted by atomic mass is 10.2. The highest BCUT2D eigenvalue weighted by Crippen LogP contribution is 2.29. The van der Waals surface area contributed by atoms with Crippen molar-refractivity contribution in [3.63, 3.8) is 0 Å². The first-order valence-electron chi connectivity index (χ1n) is 8.00. The average Bonchev–Trinajstić information content (AvgIpc) is 3.31. The van der Waals surface area contributed by atoms with E-state index in [1.165, 1.54) is 12.8 Å². The quantitative estimate of drug-likeness (QED) is 0.720. The molecule has 23 heavy (non-hydrogen) atoms. The van der Waals surface area contributed by atoms with Crippen molar-refractivity contribution < 1.29 is 9.26 Å². The zero-order chi connectivity index (χ0) is 15.2.